The van der Waals surface area contributed by atoms with Gasteiger partial charge in [-0.15, -0.1) is 10.2 Å². The number of pyridine rings is 1. The van der Waals surface area contributed by atoms with Gasteiger partial charge in [0.15, 0.2) is 23.1 Å². The van der Waals surface area contributed by atoms with E-state index in [0.717, 1.165) is 0 Å². The SMILES string of the molecule is CC(C)(C)c1nn(-c2ccc(C(=O)O)cc2)c(N)c1N=Nc1c(C#N)cnn1-c1ccccn1. The molecule has 0 bridgehead atoms. The van der Waals surface area contributed by atoms with Gasteiger partial charge >= 0.3 is 5.97 Å². The Bertz CT molecular complexity index is 1420. The minimum atomic E-state index is -1.03. The van der Waals surface area contributed by atoms with E-state index in [-0.39, 0.29) is 22.8 Å². The van der Waals surface area contributed by atoms with Crippen LogP contribution in [-0.2, 0) is 5.41 Å². The van der Waals surface area contributed by atoms with Crippen LogP contribution in [-0.4, -0.2) is 35.6 Å². The lowest BCUT2D eigenvalue weighted by molar-refractivity contribution is 0.0697. The molecule has 4 aromatic rings. The molecule has 4 rings (SSSR count). The third-order valence-corrected chi connectivity index (χ3v) is 4.94. The number of carbonyl (C=O) groups is 1. The molecule has 0 amide bonds. The first-order valence-electron chi connectivity index (χ1n) is 10.2. The molecule has 0 saturated carbocycles. The molecule has 0 fully saturated rings. The van der Waals surface area contributed by atoms with E-state index in [2.05, 4.69) is 31.5 Å². The Kier molecular flexibility index (Phi) is 5.65. The second-order valence-electron chi connectivity index (χ2n) is 8.39. The summed E-state index contributed by atoms with van der Waals surface area (Å²) >= 11 is 0. The normalized spacial score (nSPS) is 11.6. The lowest BCUT2D eigenvalue weighted by atomic mass is 9.91. The minimum Gasteiger partial charge on any atom is -0.478 e. The van der Waals surface area contributed by atoms with Gasteiger partial charge in [0.1, 0.15) is 11.6 Å². The predicted octanol–water partition coefficient (Wildman–Crippen LogP) is 4.32. The molecule has 0 atom stereocenters. The van der Waals surface area contributed by atoms with Crippen molar-refractivity contribution in [3.63, 3.8) is 0 Å². The van der Waals surface area contributed by atoms with Crippen LogP contribution in [0.5, 0.6) is 0 Å². The van der Waals surface area contributed by atoms with Crippen molar-refractivity contribution in [1.29, 1.82) is 5.26 Å². The van der Waals surface area contributed by atoms with Gasteiger partial charge in [0, 0.05) is 11.6 Å². The van der Waals surface area contributed by atoms with Gasteiger partial charge in [-0.25, -0.2) is 14.5 Å². The number of aromatic nitrogens is 5. The van der Waals surface area contributed by atoms with Gasteiger partial charge in [0.25, 0.3) is 0 Å². The average Bonchev–Trinajstić information content (AvgIpc) is 3.38. The summed E-state index contributed by atoms with van der Waals surface area (Å²) in [6.07, 6.45) is 3.00. The molecule has 0 aliphatic rings. The highest BCUT2D eigenvalue weighted by Crippen LogP contribution is 2.38. The zero-order chi connectivity index (χ0) is 24.5. The third kappa shape index (κ3) is 4.12. The van der Waals surface area contributed by atoms with E-state index in [4.69, 9.17) is 10.8 Å². The van der Waals surface area contributed by atoms with Crippen LogP contribution < -0.4 is 5.73 Å². The van der Waals surface area contributed by atoms with Gasteiger partial charge < -0.3 is 10.8 Å². The Morgan fingerprint density at radius 3 is 2.44 bits per heavy atom. The smallest absolute Gasteiger partial charge is 0.335 e. The average molecular weight is 455 g/mol. The first-order chi connectivity index (χ1) is 16.2. The maximum Gasteiger partial charge on any atom is 0.335 e. The molecule has 0 radical (unpaired) electrons. The van der Waals surface area contributed by atoms with Crippen LogP contribution in [0.1, 0.15) is 42.4 Å². The Labute approximate surface area is 194 Å². The number of rotatable bonds is 5. The zero-order valence-corrected chi connectivity index (χ0v) is 18.7. The predicted molar refractivity (Wildman–Crippen MR) is 124 cm³/mol. The van der Waals surface area contributed by atoms with Gasteiger partial charge in [0.05, 0.1) is 23.1 Å². The summed E-state index contributed by atoms with van der Waals surface area (Å²) in [6, 6.07) is 13.5. The number of carboxylic acids is 1. The molecule has 3 heterocycles. The van der Waals surface area contributed by atoms with E-state index in [1.165, 1.54) is 27.7 Å². The topological polar surface area (TPSA) is 160 Å². The summed E-state index contributed by atoms with van der Waals surface area (Å²) in [5, 5.41) is 36.2. The Morgan fingerprint density at radius 1 is 1.12 bits per heavy atom. The fourth-order valence-corrected chi connectivity index (χ4v) is 3.23. The van der Waals surface area contributed by atoms with E-state index in [1.54, 1.807) is 36.5 Å². The highest BCUT2D eigenvalue weighted by molar-refractivity contribution is 5.87. The minimum absolute atomic E-state index is 0.150. The first-order valence-corrected chi connectivity index (χ1v) is 10.2. The standard InChI is InChI=1S/C23H21N9O2/c1-23(2,3)19-18(20(25)31(30-19)16-9-7-14(8-10-16)22(33)34)28-29-21-15(12-24)13-27-32(21)17-6-4-5-11-26-17/h4-11,13H,25H2,1-3H3,(H,33,34). The van der Waals surface area contributed by atoms with Crippen LogP contribution in [0.3, 0.4) is 0 Å². The van der Waals surface area contributed by atoms with E-state index in [9.17, 15) is 10.1 Å². The molecule has 0 spiro atoms. The molecule has 11 heteroatoms. The summed E-state index contributed by atoms with van der Waals surface area (Å²) in [6.45, 7) is 5.89. The van der Waals surface area contributed by atoms with Crippen molar-refractivity contribution < 1.29 is 9.90 Å². The van der Waals surface area contributed by atoms with Crippen LogP contribution in [0.15, 0.2) is 65.1 Å². The van der Waals surface area contributed by atoms with Gasteiger partial charge in [-0.05, 0) is 36.4 Å². The maximum atomic E-state index is 11.2. The number of hydrogen-bond donors (Lipinski definition) is 2. The van der Waals surface area contributed by atoms with Crippen LogP contribution in [0.4, 0.5) is 17.3 Å². The van der Waals surface area contributed by atoms with Crippen LogP contribution >= 0.6 is 0 Å². The van der Waals surface area contributed by atoms with Crippen LogP contribution in [0, 0.1) is 11.3 Å². The number of nitriles is 1. The second-order valence-corrected chi connectivity index (χ2v) is 8.39. The molecule has 3 N–H and O–H groups in total. The van der Waals surface area contributed by atoms with Gasteiger partial charge in [0.2, 0.25) is 0 Å². The molecule has 0 saturated heterocycles. The highest BCUT2D eigenvalue weighted by Gasteiger charge is 2.27. The molecule has 1 aromatic carbocycles. The van der Waals surface area contributed by atoms with E-state index in [1.807, 2.05) is 20.8 Å². The van der Waals surface area contributed by atoms with Crippen molar-refractivity contribution in [3.8, 4) is 17.6 Å². The molecule has 0 unspecified atom stereocenters. The van der Waals surface area contributed by atoms with Crippen molar-refractivity contribution in [2.24, 2.45) is 10.2 Å². The summed E-state index contributed by atoms with van der Waals surface area (Å²) in [5.41, 5.74) is 7.86. The molecule has 34 heavy (non-hydrogen) atoms. The van der Waals surface area contributed by atoms with E-state index in [0.29, 0.717) is 22.9 Å². The number of hydrogen-bond acceptors (Lipinski definition) is 8. The molecule has 0 aliphatic heterocycles. The molecule has 0 aliphatic carbocycles. The molecule has 170 valence electrons. The van der Waals surface area contributed by atoms with Gasteiger partial charge in [-0.1, -0.05) is 26.8 Å². The quantitative estimate of drug-likeness (QED) is 0.424. The fourth-order valence-electron chi connectivity index (χ4n) is 3.23. The number of nitrogens with zero attached hydrogens (tertiary/aromatic N) is 8. The number of benzene rings is 1. The van der Waals surface area contributed by atoms with Crippen LogP contribution in [0.25, 0.3) is 11.5 Å². The number of azo groups is 1. The Hall–Kier alpha value is -4.85. The maximum absolute atomic E-state index is 11.2. The summed E-state index contributed by atoms with van der Waals surface area (Å²) in [7, 11) is 0. The van der Waals surface area contributed by atoms with Crippen molar-refractivity contribution in [1.82, 2.24) is 24.5 Å². The molecule has 3 aromatic heterocycles. The van der Waals surface area contributed by atoms with E-state index >= 15 is 0 Å². The fraction of sp³-hybridized carbons (Fsp3) is 0.174. The lowest BCUT2D eigenvalue weighted by Gasteiger charge is -2.15. The number of carboxylic acid groups (broad SMARTS) is 1. The summed E-state index contributed by atoms with van der Waals surface area (Å²) in [4.78, 5) is 15.4. The third-order valence-electron chi connectivity index (χ3n) is 4.94. The van der Waals surface area contributed by atoms with Crippen molar-refractivity contribution in [3.05, 3.63) is 71.7 Å². The largest absolute Gasteiger partial charge is 0.478 e. The number of aromatic carboxylic acids is 1. The number of nitrogens with two attached hydrogens (primary N) is 1. The molecular weight excluding hydrogens is 434 g/mol. The molecular formula is C23H21N9O2. The molecule has 11 nitrogen and oxygen atoms in total. The zero-order valence-electron chi connectivity index (χ0n) is 18.7. The van der Waals surface area contributed by atoms with Crippen molar-refractivity contribution in [2.75, 3.05) is 5.73 Å². The summed E-state index contributed by atoms with van der Waals surface area (Å²) in [5.74, 6) is -0.114. The van der Waals surface area contributed by atoms with E-state index < -0.39 is 11.4 Å². The second kappa shape index (κ2) is 8.59. The summed E-state index contributed by atoms with van der Waals surface area (Å²) < 4.78 is 2.91. The highest BCUT2D eigenvalue weighted by atomic mass is 16.4. The number of nitrogen functional groups attached to an aromatic ring is 1. The van der Waals surface area contributed by atoms with Crippen molar-refractivity contribution in [2.45, 2.75) is 26.2 Å². The monoisotopic (exact) mass is 455 g/mol. The van der Waals surface area contributed by atoms with Crippen LogP contribution in [0.2, 0.25) is 0 Å². The van der Waals surface area contributed by atoms with Gasteiger partial charge in [-0.2, -0.15) is 20.1 Å². The van der Waals surface area contributed by atoms with Crippen molar-refractivity contribution >= 4 is 23.3 Å². The number of anilines is 1. The lowest BCUT2D eigenvalue weighted by Crippen LogP contribution is -2.13. The first kappa shape index (κ1) is 22.3. The van der Waals surface area contributed by atoms with Gasteiger partial charge in [-0.3, -0.25) is 0 Å². The Morgan fingerprint density at radius 2 is 1.85 bits per heavy atom. The Balaban J connectivity index is 1.82.